The highest BCUT2D eigenvalue weighted by molar-refractivity contribution is 7.80. The summed E-state index contributed by atoms with van der Waals surface area (Å²) in [5.41, 5.74) is 0.916. The quantitative estimate of drug-likeness (QED) is 0.593. The van der Waals surface area contributed by atoms with E-state index in [1.807, 2.05) is 29.6 Å². The minimum atomic E-state index is 0. The van der Waals surface area contributed by atoms with Gasteiger partial charge in [-0.15, -0.1) is 18.8 Å². The van der Waals surface area contributed by atoms with Gasteiger partial charge >= 0.3 is 0 Å². The Labute approximate surface area is 153 Å². The minimum Gasteiger partial charge on any atom is -0.363 e. The number of hydrogen-bond donors (Lipinski definition) is 2. The normalized spacial score (nSPS) is 9.92. The van der Waals surface area contributed by atoms with Crippen LogP contribution in [-0.4, -0.2) is 49.7 Å². The van der Waals surface area contributed by atoms with Crippen LogP contribution in [0.3, 0.4) is 0 Å². The largest absolute Gasteiger partial charge is 0.363 e. The Bertz CT molecular complexity index is 710. The summed E-state index contributed by atoms with van der Waals surface area (Å²) in [4.78, 5) is 14.8. The molecule has 0 saturated heterocycles. The Morgan fingerprint density at radius 1 is 1.42 bits per heavy atom. The molecule has 0 aliphatic carbocycles. The molecule has 0 spiro atoms. The van der Waals surface area contributed by atoms with E-state index >= 15 is 0 Å². The zero-order chi connectivity index (χ0) is 16.7. The molecule has 0 fully saturated rings. The van der Waals surface area contributed by atoms with Gasteiger partial charge in [-0.25, -0.2) is 15.0 Å². The highest BCUT2D eigenvalue weighted by Crippen LogP contribution is 2.10. The van der Waals surface area contributed by atoms with Gasteiger partial charge in [0, 0.05) is 25.4 Å². The van der Waals surface area contributed by atoms with Crippen molar-refractivity contribution in [2.75, 3.05) is 25.5 Å². The summed E-state index contributed by atoms with van der Waals surface area (Å²) < 4.78 is 1.84. The van der Waals surface area contributed by atoms with Gasteiger partial charge in [-0.05, 0) is 26.2 Å². The van der Waals surface area contributed by atoms with Crippen LogP contribution in [-0.2, 0) is 6.54 Å². The number of thiocarbonyl (C=S) groups is 1. The fraction of sp³-hybridized carbons (Fsp3) is 0.333. The van der Waals surface area contributed by atoms with Gasteiger partial charge in [-0.3, -0.25) is 9.47 Å². The second kappa shape index (κ2) is 9.82. The van der Waals surface area contributed by atoms with Crippen molar-refractivity contribution in [1.82, 2.24) is 29.7 Å². The summed E-state index contributed by atoms with van der Waals surface area (Å²) in [5, 5.41) is 6.55. The average Bonchev–Trinajstić information content (AvgIpc) is 2.96. The van der Waals surface area contributed by atoms with E-state index in [1.165, 1.54) is 6.33 Å². The lowest BCUT2D eigenvalue weighted by molar-refractivity contribution is 0.365. The van der Waals surface area contributed by atoms with Crippen LogP contribution in [0.5, 0.6) is 0 Å². The van der Waals surface area contributed by atoms with Crippen molar-refractivity contribution in [3.05, 3.63) is 30.6 Å². The number of nitrogens with zero attached hydrogens (tertiary/aromatic N) is 5. The zero-order valence-corrected chi connectivity index (χ0v) is 15.2. The van der Waals surface area contributed by atoms with Crippen LogP contribution in [0.25, 0.3) is 5.82 Å². The Hall–Kier alpha value is -2.21. The van der Waals surface area contributed by atoms with E-state index in [1.54, 1.807) is 12.4 Å². The van der Waals surface area contributed by atoms with E-state index < -0.39 is 0 Å². The molecular formula is C15H20ClN7S. The molecule has 2 N–H and O–H groups in total. The van der Waals surface area contributed by atoms with Gasteiger partial charge in [0.2, 0.25) is 0 Å². The highest BCUT2D eigenvalue weighted by Gasteiger charge is 2.06. The number of aromatic nitrogens is 4. The molecule has 2 aromatic rings. The lowest BCUT2D eigenvalue weighted by atomic mass is 10.4. The molecule has 2 aromatic heterocycles. The molecule has 9 heteroatoms. The van der Waals surface area contributed by atoms with Crippen molar-refractivity contribution in [1.29, 1.82) is 0 Å². The van der Waals surface area contributed by atoms with E-state index in [0.717, 1.165) is 12.2 Å². The van der Waals surface area contributed by atoms with Gasteiger partial charge < -0.3 is 10.6 Å². The molecular weight excluding hydrogens is 346 g/mol. The van der Waals surface area contributed by atoms with E-state index in [2.05, 4.69) is 31.5 Å². The van der Waals surface area contributed by atoms with Gasteiger partial charge in [0.15, 0.2) is 5.11 Å². The third-order valence-corrected chi connectivity index (χ3v) is 3.17. The molecule has 0 saturated carbocycles. The fourth-order valence-electron chi connectivity index (χ4n) is 1.94. The first-order valence-electron chi connectivity index (χ1n) is 7.14. The summed E-state index contributed by atoms with van der Waals surface area (Å²) in [6.07, 6.45) is 10.4. The van der Waals surface area contributed by atoms with Crippen LogP contribution in [0.15, 0.2) is 24.9 Å². The Balaban J connectivity index is 0.00000288. The van der Waals surface area contributed by atoms with Gasteiger partial charge in [0.25, 0.3) is 0 Å². The summed E-state index contributed by atoms with van der Waals surface area (Å²) in [7, 11) is 1.95. The lowest BCUT2D eigenvalue weighted by Gasteiger charge is -2.10. The van der Waals surface area contributed by atoms with E-state index in [-0.39, 0.29) is 12.4 Å². The SMILES string of the molecule is C#CCN(C)Cc1cn(-c2cc(NC(=S)NCC)ncn2)cn1.Cl. The predicted molar refractivity (Wildman–Crippen MR) is 101 cm³/mol. The summed E-state index contributed by atoms with van der Waals surface area (Å²) in [6, 6.07) is 1.81. The van der Waals surface area contributed by atoms with Crippen LogP contribution < -0.4 is 10.6 Å². The van der Waals surface area contributed by atoms with Crippen LogP contribution >= 0.6 is 24.6 Å². The monoisotopic (exact) mass is 365 g/mol. The number of nitrogens with one attached hydrogen (secondary N) is 2. The number of hydrogen-bond acceptors (Lipinski definition) is 5. The van der Waals surface area contributed by atoms with Crippen LogP contribution in [0.2, 0.25) is 0 Å². The first-order valence-corrected chi connectivity index (χ1v) is 7.55. The van der Waals surface area contributed by atoms with Gasteiger partial charge in [-0.1, -0.05) is 5.92 Å². The predicted octanol–water partition coefficient (Wildman–Crippen LogP) is 1.46. The van der Waals surface area contributed by atoms with Crippen molar-refractivity contribution in [2.24, 2.45) is 0 Å². The Morgan fingerprint density at radius 3 is 2.92 bits per heavy atom. The first kappa shape index (κ1) is 19.8. The minimum absolute atomic E-state index is 0. The zero-order valence-electron chi connectivity index (χ0n) is 13.6. The molecule has 2 rings (SSSR count). The topological polar surface area (TPSA) is 70.9 Å². The molecule has 0 amide bonds. The van der Waals surface area contributed by atoms with Gasteiger partial charge in [-0.2, -0.15) is 0 Å². The molecule has 0 bridgehead atoms. The van der Waals surface area contributed by atoms with Crippen LogP contribution in [0, 0.1) is 12.3 Å². The number of imidazole rings is 1. The van der Waals surface area contributed by atoms with Crippen molar-refractivity contribution >= 4 is 35.6 Å². The van der Waals surface area contributed by atoms with Crippen molar-refractivity contribution in [3.63, 3.8) is 0 Å². The van der Waals surface area contributed by atoms with E-state index in [9.17, 15) is 0 Å². The molecule has 128 valence electrons. The van der Waals surface area contributed by atoms with Crippen molar-refractivity contribution in [3.8, 4) is 18.2 Å². The lowest BCUT2D eigenvalue weighted by Crippen LogP contribution is -2.28. The van der Waals surface area contributed by atoms with E-state index in [0.29, 0.717) is 29.8 Å². The smallest absolute Gasteiger partial charge is 0.171 e. The molecule has 0 atom stereocenters. The molecule has 2 heterocycles. The molecule has 7 nitrogen and oxygen atoms in total. The van der Waals surface area contributed by atoms with Crippen LogP contribution in [0.4, 0.5) is 5.82 Å². The van der Waals surface area contributed by atoms with E-state index in [4.69, 9.17) is 18.6 Å². The second-order valence-electron chi connectivity index (χ2n) is 4.89. The average molecular weight is 366 g/mol. The number of anilines is 1. The first-order chi connectivity index (χ1) is 11.1. The van der Waals surface area contributed by atoms with Crippen molar-refractivity contribution < 1.29 is 0 Å². The second-order valence-corrected chi connectivity index (χ2v) is 5.30. The number of halogens is 1. The maximum absolute atomic E-state index is 5.30. The number of terminal acetylenes is 1. The third kappa shape index (κ3) is 5.77. The Morgan fingerprint density at radius 2 is 2.21 bits per heavy atom. The molecule has 0 aliphatic rings. The molecule has 0 aliphatic heterocycles. The molecule has 24 heavy (non-hydrogen) atoms. The maximum atomic E-state index is 5.30. The van der Waals surface area contributed by atoms with Gasteiger partial charge in [0.05, 0.1) is 12.2 Å². The fourth-order valence-corrected chi connectivity index (χ4v) is 2.19. The summed E-state index contributed by atoms with van der Waals surface area (Å²) >= 11 is 5.15. The number of rotatable bonds is 6. The molecule has 0 aromatic carbocycles. The summed E-state index contributed by atoms with van der Waals surface area (Å²) in [6.45, 7) is 3.98. The molecule has 0 unspecified atom stereocenters. The third-order valence-electron chi connectivity index (χ3n) is 2.93. The highest BCUT2D eigenvalue weighted by atomic mass is 35.5. The molecule has 0 radical (unpaired) electrons. The summed E-state index contributed by atoms with van der Waals surface area (Å²) in [5.74, 6) is 3.94. The van der Waals surface area contributed by atoms with Gasteiger partial charge in [0.1, 0.15) is 24.3 Å². The Kier molecular flexibility index (Phi) is 8.12. The van der Waals surface area contributed by atoms with Crippen LogP contribution in [0.1, 0.15) is 12.6 Å². The standard InChI is InChI=1S/C15H19N7S.ClH/c1-4-6-21(3)8-12-9-22(11-19-12)14-7-13(17-10-18-14)20-15(23)16-5-2;/h1,7,9-11H,5-6,8H2,2-3H3,(H2,16,17,18,20,23);1H. The maximum Gasteiger partial charge on any atom is 0.171 e. The van der Waals surface area contributed by atoms with Crippen molar-refractivity contribution in [2.45, 2.75) is 13.5 Å².